The molecule has 2 aliphatic rings. The van der Waals surface area contributed by atoms with Crippen LogP contribution in [0, 0.1) is 11.3 Å². The smallest absolute Gasteiger partial charge is 0.144 e. The fraction of sp³-hybridized carbons (Fsp3) is 0.700. The zero-order valence-corrected chi connectivity index (χ0v) is 15.7. The number of anilines is 1. The molecule has 1 N–H and O–H groups in total. The highest BCUT2D eigenvalue weighted by molar-refractivity contribution is 5.60. The van der Waals surface area contributed by atoms with Crippen molar-refractivity contribution in [2.75, 3.05) is 18.5 Å². The Bertz CT molecular complexity index is 658. The molecule has 1 aromatic heterocycles. The van der Waals surface area contributed by atoms with E-state index in [-0.39, 0.29) is 11.7 Å². The minimum Gasteiger partial charge on any atom is -0.376 e. The maximum absolute atomic E-state index is 9.80. The van der Waals surface area contributed by atoms with Crippen LogP contribution < -0.4 is 5.32 Å². The third kappa shape index (κ3) is 4.13. The SMILES string of the molecule is CCCCc1nc(NC[C@@H]2CCCO2)c(C#N)c2c1COC(C)(C)C2. The number of hydrogen-bond donors (Lipinski definition) is 1. The van der Waals surface area contributed by atoms with Crippen molar-refractivity contribution in [1.29, 1.82) is 5.26 Å². The fourth-order valence-corrected chi connectivity index (χ4v) is 3.65. The number of ether oxygens (including phenoxy) is 2. The first-order valence-electron chi connectivity index (χ1n) is 9.48. The molecule has 0 aliphatic carbocycles. The first-order valence-corrected chi connectivity index (χ1v) is 9.48. The Labute approximate surface area is 150 Å². The number of nitriles is 1. The molecule has 1 atom stereocenters. The van der Waals surface area contributed by atoms with Crippen molar-refractivity contribution in [2.45, 2.75) is 77.6 Å². The van der Waals surface area contributed by atoms with Crippen LogP contribution in [0.15, 0.2) is 0 Å². The van der Waals surface area contributed by atoms with Crippen molar-refractivity contribution in [3.63, 3.8) is 0 Å². The average Bonchev–Trinajstić information content (AvgIpc) is 3.10. The van der Waals surface area contributed by atoms with Crippen LogP contribution in [-0.4, -0.2) is 29.8 Å². The summed E-state index contributed by atoms with van der Waals surface area (Å²) in [6, 6.07) is 2.40. The van der Waals surface area contributed by atoms with E-state index in [2.05, 4.69) is 32.2 Å². The van der Waals surface area contributed by atoms with Gasteiger partial charge in [0.1, 0.15) is 11.9 Å². The largest absolute Gasteiger partial charge is 0.376 e. The maximum Gasteiger partial charge on any atom is 0.144 e. The number of aryl methyl sites for hydroxylation is 1. The molecule has 1 aromatic rings. The van der Waals surface area contributed by atoms with Gasteiger partial charge in [-0.3, -0.25) is 0 Å². The van der Waals surface area contributed by atoms with E-state index in [0.717, 1.165) is 67.8 Å². The van der Waals surface area contributed by atoms with E-state index in [1.165, 1.54) is 0 Å². The molecule has 0 aromatic carbocycles. The van der Waals surface area contributed by atoms with Crippen LogP contribution in [0.3, 0.4) is 0 Å². The van der Waals surface area contributed by atoms with Gasteiger partial charge in [0, 0.05) is 30.8 Å². The molecule has 0 bridgehead atoms. The molecular formula is C20H29N3O2. The Hall–Kier alpha value is -1.64. The van der Waals surface area contributed by atoms with E-state index in [4.69, 9.17) is 14.5 Å². The summed E-state index contributed by atoms with van der Waals surface area (Å²) in [6.07, 6.45) is 6.32. The summed E-state index contributed by atoms with van der Waals surface area (Å²) in [5.74, 6) is 0.723. The first-order chi connectivity index (χ1) is 12.0. The van der Waals surface area contributed by atoms with Crippen LogP contribution in [0.25, 0.3) is 0 Å². The second kappa shape index (κ2) is 7.72. The number of hydrogen-bond acceptors (Lipinski definition) is 5. The number of aromatic nitrogens is 1. The maximum atomic E-state index is 9.80. The predicted molar refractivity (Wildman–Crippen MR) is 97.6 cm³/mol. The number of nitrogens with zero attached hydrogens (tertiary/aromatic N) is 2. The molecule has 1 saturated heterocycles. The zero-order chi connectivity index (χ0) is 17.9. The van der Waals surface area contributed by atoms with Gasteiger partial charge in [0.25, 0.3) is 0 Å². The monoisotopic (exact) mass is 343 g/mol. The quantitative estimate of drug-likeness (QED) is 0.852. The van der Waals surface area contributed by atoms with Crippen LogP contribution >= 0.6 is 0 Å². The van der Waals surface area contributed by atoms with E-state index < -0.39 is 0 Å². The lowest BCUT2D eigenvalue weighted by atomic mass is 9.87. The van der Waals surface area contributed by atoms with Gasteiger partial charge in [0.15, 0.2) is 0 Å². The highest BCUT2D eigenvalue weighted by Gasteiger charge is 2.31. The Morgan fingerprint density at radius 2 is 2.20 bits per heavy atom. The number of nitrogens with one attached hydrogen (secondary N) is 1. The molecule has 136 valence electrons. The van der Waals surface area contributed by atoms with E-state index in [9.17, 15) is 5.26 Å². The van der Waals surface area contributed by atoms with E-state index in [0.29, 0.717) is 18.7 Å². The normalized spacial score (nSPS) is 21.6. The van der Waals surface area contributed by atoms with Crippen molar-refractivity contribution in [3.8, 4) is 6.07 Å². The average molecular weight is 343 g/mol. The number of unbranched alkanes of at least 4 members (excludes halogenated alkanes) is 1. The molecule has 3 heterocycles. The molecule has 0 spiro atoms. The molecule has 0 amide bonds. The Morgan fingerprint density at radius 1 is 1.36 bits per heavy atom. The van der Waals surface area contributed by atoms with E-state index in [1.807, 2.05) is 0 Å². The third-order valence-electron chi connectivity index (χ3n) is 5.11. The van der Waals surface area contributed by atoms with Gasteiger partial charge >= 0.3 is 0 Å². The number of pyridine rings is 1. The van der Waals surface area contributed by atoms with E-state index >= 15 is 0 Å². The topological polar surface area (TPSA) is 67.2 Å². The zero-order valence-electron chi connectivity index (χ0n) is 15.7. The second-order valence-corrected chi connectivity index (χ2v) is 7.70. The summed E-state index contributed by atoms with van der Waals surface area (Å²) in [5.41, 5.74) is 3.78. The van der Waals surface area contributed by atoms with Crippen molar-refractivity contribution in [1.82, 2.24) is 4.98 Å². The lowest BCUT2D eigenvalue weighted by Gasteiger charge is -2.34. The van der Waals surface area contributed by atoms with Crippen LogP contribution in [0.2, 0.25) is 0 Å². The minimum atomic E-state index is -0.242. The van der Waals surface area contributed by atoms with Gasteiger partial charge in [-0.2, -0.15) is 5.26 Å². The summed E-state index contributed by atoms with van der Waals surface area (Å²) < 4.78 is 11.7. The predicted octanol–water partition coefficient (Wildman–Crippen LogP) is 3.74. The summed E-state index contributed by atoms with van der Waals surface area (Å²) in [6.45, 7) is 8.46. The van der Waals surface area contributed by atoms with E-state index in [1.54, 1.807) is 0 Å². The molecule has 3 rings (SSSR count). The summed E-state index contributed by atoms with van der Waals surface area (Å²) >= 11 is 0. The van der Waals surface area contributed by atoms with Gasteiger partial charge in [-0.15, -0.1) is 0 Å². The molecule has 1 fully saturated rings. The Kier molecular flexibility index (Phi) is 5.61. The van der Waals surface area contributed by atoms with Crippen LogP contribution in [0.4, 0.5) is 5.82 Å². The lowest BCUT2D eigenvalue weighted by molar-refractivity contribution is -0.0407. The molecule has 5 nitrogen and oxygen atoms in total. The van der Waals surface area contributed by atoms with Crippen molar-refractivity contribution in [2.24, 2.45) is 0 Å². The van der Waals surface area contributed by atoms with Gasteiger partial charge in [-0.1, -0.05) is 13.3 Å². The van der Waals surface area contributed by atoms with Gasteiger partial charge in [-0.25, -0.2) is 4.98 Å². The lowest BCUT2D eigenvalue weighted by Crippen LogP contribution is -2.34. The Morgan fingerprint density at radius 3 is 2.88 bits per heavy atom. The molecular weight excluding hydrogens is 314 g/mol. The van der Waals surface area contributed by atoms with Crippen molar-refractivity contribution < 1.29 is 9.47 Å². The first kappa shape index (κ1) is 18.2. The fourth-order valence-electron chi connectivity index (χ4n) is 3.65. The number of rotatable bonds is 6. The molecule has 5 heteroatoms. The van der Waals surface area contributed by atoms with Gasteiger partial charge in [0.2, 0.25) is 0 Å². The van der Waals surface area contributed by atoms with Gasteiger partial charge < -0.3 is 14.8 Å². The molecule has 2 aliphatic heterocycles. The number of fused-ring (bicyclic) bond motifs is 1. The molecule has 25 heavy (non-hydrogen) atoms. The summed E-state index contributed by atoms with van der Waals surface area (Å²) in [7, 11) is 0. The van der Waals surface area contributed by atoms with Crippen LogP contribution in [-0.2, 0) is 28.9 Å². The molecule has 0 saturated carbocycles. The standard InChI is InChI=1S/C20H29N3O2/c1-4-5-8-18-17-13-25-20(2,3)10-15(17)16(11-21)19(23-18)22-12-14-7-6-9-24-14/h14H,4-10,12-13H2,1-3H3,(H,22,23)/t14-/m0/s1. The summed E-state index contributed by atoms with van der Waals surface area (Å²) in [4.78, 5) is 4.83. The highest BCUT2D eigenvalue weighted by Crippen LogP contribution is 2.34. The van der Waals surface area contributed by atoms with Gasteiger partial charge in [-0.05, 0) is 45.1 Å². The summed E-state index contributed by atoms with van der Waals surface area (Å²) in [5, 5.41) is 13.2. The van der Waals surface area contributed by atoms with Crippen molar-refractivity contribution >= 4 is 5.82 Å². The molecule has 0 unspecified atom stereocenters. The Balaban J connectivity index is 1.93. The highest BCUT2D eigenvalue weighted by atomic mass is 16.5. The van der Waals surface area contributed by atoms with Gasteiger partial charge in [0.05, 0.1) is 23.9 Å². The van der Waals surface area contributed by atoms with Crippen molar-refractivity contribution in [3.05, 3.63) is 22.4 Å². The second-order valence-electron chi connectivity index (χ2n) is 7.70. The molecule has 0 radical (unpaired) electrons. The van der Waals surface area contributed by atoms with Crippen LogP contribution in [0.1, 0.15) is 68.8 Å². The van der Waals surface area contributed by atoms with Crippen LogP contribution in [0.5, 0.6) is 0 Å². The third-order valence-corrected chi connectivity index (χ3v) is 5.11. The minimum absolute atomic E-state index is 0.225.